The van der Waals surface area contributed by atoms with Crippen LogP contribution >= 0.6 is 0 Å². The van der Waals surface area contributed by atoms with E-state index < -0.39 is 0 Å². The van der Waals surface area contributed by atoms with Crippen molar-refractivity contribution in [2.24, 2.45) is 0 Å². The third kappa shape index (κ3) is 32.3. The molecule has 0 aliphatic heterocycles. The Hall–Kier alpha value is 0.762. The summed E-state index contributed by atoms with van der Waals surface area (Å²) in [5, 5.41) is 19.1. The molecule has 0 rings (SSSR count). The molecule has 0 fully saturated rings. The van der Waals surface area contributed by atoms with Crippen LogP contribution in [-0.2, 0) is 9.47 Å². The van der Waals surface area contributed by atoms with Gasteiger partial charge in [0.25, 0.3) is 0 Å². The summed E-state index contributed by atoms with van der Waals surface area (Å²) in [7, 11) is 0. The molecule has 0 atom stereocenters. The van der Waals surface area contributed by atoms with E-state index in [1.165, 1.54) is 0 Å². The molecule has 0 amide bonds. The SMILES string of the molecule is CCOCC[O-].CCOCC[O-].[Pb+2]. The zero-order valence-electron chi connectivity index (χ0n) is 8.38. The summed E-state index contributed by atoms with van der Waals surface area (Å²) in [6, 6.07) is 0. The van der Waals surface area contributed by atoms with Gasteiger partial charge in [-0.2, -0.15) is 0 Å². The minimum absolute atomic E-state index is 0. The van der Waals surface area contributed by atoms with Crippen LogP contribution in [0.4, 0.5) is 0 Å². The molecule has 78 valence electrons. The standard InChI is InChI=1S/2C4H9O2.Pb/c2*1-2-6-4-3-5;/h2*2-4H2,1H3;/q2*-1;+2. The predicted octanol–water partition coefficient (Wildman–Crippen LogP) is -1.61. The van der Waals surface area contributed by atoms with E-state index in [1.54, 1.807) is 0 Å². The quantitative estimate of drug-likeness (QED) is 0.408. The van der Waals surface area contributed by atoms with Gasteiger partial charge in [-0.1, -0.05) is 0 Å². The Bertz CT molecular complexity index is 48.1. The summed E-state index contributed by atoms with van der Waals surface area (Å²) in [5.74, 6) is 0. The summed E-state index contributed by atoms with van der Waals surface area (Å²) in [6.07, 6.45) is 0. The molecule has 0 aromatic carbocycles. The van der Waals surface area contributed by atoms with Crippen LogP contribution in [0, 0.1) is 0 Å². The summed E-state index contributed by atoms with van der Waals surface area (Å²) < 4.78 is 9.34. The first kappa shape index (κ1) is 19.4. The molecule has 0 aromatic heterocycles. The van der Waals surface area contributed by atoms with Crippen molar-refractivity contribution in [2.75, 3.05) is 39.6 Å². The Morgan fingerprint density at radius 3 is 1.23 bits per heavy atom. The molecule has 0 saturated carbocycles. The van der Waals surface area contributed by atoms with E-state index in [-0.39, 0.29) is 40.5 Å². The normalized spacial score (nSPS) is 8.31. The molecule has 4 nitrogen and oxygen atoms in total. The van der Waals surface area contributed by atoms with Gasteiger partial charge in [-0.3, -0.25) is 0 Å². The number of ether oxygens (including phenoxy) is 2. The van der Waals surface area contributed by atoms with Crippen LogP contribution in [-0.4, -0.2) is 66.9 Å². The predicted molar refractivity (Wildman–Crippen MR) is 48.5 cm³/mol. The van der Waals surface area contributed by atoms with E-state index in [2.05, 4.69) is 9.47 Å². The first-order chi connectivity index (χ1) is 5.83. The Labute approximate surface area is 100 Å². The Balaban J connectivity index is -0.000000143. The maximum absolute atomic E-state index is 9.56. The fourth-order valence-corrected chi connectivity index (χ4v) is 0.407. The third-order valence-electron chi connectivity index (χ3n) is 0.864. The summed E-state index contributed by atoms with van der Waals surface area (Å²) in [4.78, 5) is 0. The molecule has 0 aromatic rings. The first-order valence-corrected chi connectivity index (χ1v) is 4.15. The van der Waals surface area contributed by atoms with Crippen LogP contribution in [0.5, 0.6) is 0 Å². The third-order valence-corrected chi connectivity index (χ3v) is 0.864. The van der Waals surface area contributed by atoms with Gasteiger partial charge >= 0.3 is 27.3 Å². The smallest absolute Gasteiger partial charge is 0.853 e. The largest absolute Gasteiger partial charge is 2.00 e. The second-order valence-corrected chi connectivity index (χ2v) is 1.80. The van der Waals surface area contributed by atoms with Gasteiger partial charge in [-0.25, -0.2) is 0 Å². The van der Waals surface area contributed by atoms with E-state index in [0.717, 1.165) is 0 Å². The molecule has 5 heteroatoms. The van der Waals surface area contributed by atoms with Crippen LogP contribution in [0.25, 0.3) is 0 Å². The number of hydrogen-bond donors (Lipinski definition) is 0. The van der Waals surface area contributed by atoms with E-state index in [1.807, 2.05) is 13.8 Å². The fraction of sp³-hybridized carbons (Fsp3) is 1.00. The van der Waals surface area contributed by atoms with Gasteiger partial charge in [0.15, 0.2) is 0 Å². The molecule has 0 heterocycles. The topological polar surface area (TPSA) is 64.6 Å². The van der Waals surface area contributed by atoms with Crippen LogP contribution in [0.3, 0.4) is 0 Å². The van der Waals surface area contributed by atoms with Crippen LogP contribution in [0.1, 0.15) is 13.8 Å². The maximum atomic E-state index is 9.56. The molecule has 0 aliphatic carbocycles. The monoisotopic (exact) mass is 386 g/mol. The van der Waals surface area contributed by atoms with Crippen molar-refractivity contribution in [3.63, 3.8) is 0 Å². The maximum Gasteiger partial charge on any atom is 2.00 e. The van der Waals surface area contributed by atoms with E-state index >= 15 is 0 Å². The summed E-state index contributed by atoms with van der Waals surface area (Å²) in [5.41, 5.74) is 0. The zero-order valence-corrected chi connectivity index (χ0v) is 12.3. The Kier molecular flexibility index (Phi) is 34.2. The molecule has 0 bridgehead atoms. The average molecular weight is 385 g/mol. The van der Waals surface area contributed by atoms with Gasteiger partial charge in [0.2, 0.25) is 0 Å². The molecule has 0 spiro atoms. The Morgan fingerprint density at radius 1 is 0.846 bits per heavy atom. The first-order valence-electron chi connectivity index (χ1n) is 4.15. The van der Waals surface area contributed by atoms with Gasteiger partial charge in [0, 0.05) is 26.4 Å². The Morgan fingerprint density at radius 2 is 1.15 bits per heavy atom. The van der Waals surface area contributed by atoms with Crippen molar-refractivity contribution < 1.29 is 19.7 Å². The number of rotatable bonds is 6. The van der Waals surface area contributed by atoms with Gasteiger partial charge in [-0.05, 0) is 13.8 Å². The average Bonchev–Trinajstić information content (AvgIpc) is 2.12. The van der Waals surface area contributed by atoms with Crippen molar-refractivity contribution in [1.29, 1.82) is 0 Å². The molecule has 0 unspecified atom stereocenters. The van der Waals surface area contributed by atoms with Crippen molar-refractivity contribution in [3.05, 3.63) is 0 Å². The van der Waals surface area contributed by atoms with Crippen LogP contribution in [0.2, 0.25) is 0 Å². The summed E-state index contributed by atoms with van der Waals surface area (Å²) in [6.45, 7) is 5.53. The van der Waals surface area contributed by atoms with E-state index in [4.69, 9.17) is 0 Å². The minimum atomic E-state index is -0.117. The van der Waals surface area contributed by atoms with Gasteiger partial charge in [-0.15, -0.1) is 13.2 Å². The molecule has 0 saturated heterocycles. The van der Waals surface area contributed by atoms with Crippen molar-refractivity contribution >= 4 is 27.3 Å². The van der Waals surface area contributed by atoms with Crippen molar-refractivity contribution in [1.82, 2.24) is 0 Å². The van der Waals surface area contributed by atoms with Crippen LogP contribution < -0.4 is 10.2 Å². The molecular formula is C8H18O4Pb. The van der Waals surface area contributed by atoms with Gasteiger partial charge < -0.3 is 19.7 Å². The van der Waals surface area contributed by atoms with Crippen LogP contribution in [0.15, 0.2) is 0 Å². The minimum Gasteiger partial charge on any atom is -0.853 e. The number of hydrogen-bond acceptors (Lipinski definition) is 4. The molecule has 2 radical (unpaired) electrons. The van der Waals surface area contributed by atoms with Crippen molar-refractivity contribution in [3.8, 4) is 0 Å². The molecule has 0 N–H and O–H groups in total. The van der Waals surface area contributed by atoms with Gasteiger partial charge in [0.1, 0.15) is 0 Å². The summed E-state index contributed by atoms with van der Waals surface area (Å²) >= 11 is 0. The van der Waals surface area contributed by atoms with Crippen molar-refractivity contribution in [2.45, 2.75) is 13.8 Å². The van der Waals surface area contributed by atoms with E-state index in [9.17, 15) is 10.2 Å². The van der Waals surface area contributed by atoms with Gasteiger partial charge in [0.05, 0.1) is 0 Å². The fourth-order valence-electron chi connectivity index (χ4n) is 0.407. The zero-order chi connectivity index (χ0) is 9.66. The molecular weight excluding hydrogens is 367 g/mol. The second kappa shape index (κ2) is 23.0. The molecule has 13 heavy (non-hydrogen) atoms. The van der Waals surface area contributed by atoms with E-state index in [0.29, 0.717) is 26.4 Å². The second-order valence-electron chi connectivity index (χ2n) is 1.80. The molecule has 0 aliphatic rings.